The third kappa shape index (κ3) is 3.28. The van der Waals surface area contributed by atoms with Gasteiger partial charge in [-0.3, -0.25) is 9.69 Å². The maximum atomic E-state index is 11.9. The van der Waals surface area contributed by atoms with Gasteiger partial charge in [0.15, 0.2) is 0 Å². The molecule has 1 fully saturated rings. The van der Waals surface area contributed by atoms with Gasteiger partial charge in [0.25, 0.3) is 5.91 Å². The van der Waals surface area contributed by atoms with E-state index < -0.39 is 0 Å². The normalized spacial score (nSPS) is 18.6. The minimum absolute atomic E-state index is 0.0235. The molecule has 92 valence electrons. The second-order valence-electron chi connectivity index (χ2n) is 4.16. The van der Waals surface area contributed by atoms with E-state index in [1.54, 1.807) is 0 Å². The lowest BCUT2D eigenvalue weighted by Gasteiger charge is -2.32. The second kappa shape index (κ2) is 5.80. The van der Waals surface area contributed by atoms with Crippen LogP contribution in [0.4, 0.5) is 0 Å². The molecule has 1 unspecified atom stereocenters. The molecule has 0 aliphatic carbocycles. The van der Waals surface area contributed by atoms with E-state index in [1.807, 2.05) is 37.3 Å². The summed E-state index contributed by atoms with van der Waals surface area (Å²) < 4.78 is 5.29. The number of nitrogens with one attached hydrogen (secondary N) is 1. The molecular formula is C13H18N2O2. The molecule has 0 spiro atoms. The number of hydrogen-bond donors (Lipinski definition) is 1. The van der Waals surface area contributed by atoms with Gasteiger partial charge in [-0.05, 0) is 19.1 Å². The lowest BCUT2D eigenvalue weighted by molar-refractivity contribution is 0.0133. The summed E-state index contributed by atoms with van der Waals surface area (Å²) in [6.07, 6.45) is 0.0478. The van der Waals surface area contributed by atoms with Gasteiger partial charge in [0, 0.05) is 18.7 Å². The second-order valence-corrected chi connectivity index (χ2v) is 4.16. The van der Waals surface area contributed by atoms with Crippen LogP contribution in [-0.4, -0.2) is 43.3 Å². The number of rotatable bonds is 3. The van der Waals surface area contributed by atoms with Crippen LogP contribution >= 0.6 is 0 Å². The quantitative estimate of drug-likeness (QED) is 0.851. The van der Waals surface area contributed by atoms with E-state index in [9.17, 15) is 4.79 Å². The zero-order valence-corrected chi connectivity index (χ0v) is 10.1. The Morgan fingerprint density at radius 3 is 2.59 bits per heavy atom. The first kappa shape index (κ1) is 12.1. The Bertz CT molecular complexity index is 361. The average Bonchev–Trinajstić information content (AvgIpc) is 2.40. The van der Waals surface area contributed by atoms with Crippen LogP contribution in [0.15, 0.2) is 30.3 Å². The predicted molar refractivity (Wildman–Crippen MR) is 65.8 cm³/mol. The Balaban J connectivity index is 1.89. The number of nitrogens with zero attached hydrogens (tertiary/aromatic N) is 1. The number of hydrogen-bond acceptors (Lipinski definition) is 3. The van der Waals surface area contributed by atoms with Crippen LogP contribution in [0.1, 0.15) is 17.3 Å². The number of carbonyl (C=O) groups is 1. The highest BCUT2D eigenvalue weighted by molar-refractivity contribution is 5.94. The van der Waals surface area contributed by atoms with Gasteiger partial charge in [-0.15, -0.1) is 0 Å². The van der Waals surface area contributed by atoms with Crippen molar-refractivity contribution in [3.63, 3.8) is 0 Å². The highest BCUT2D eigenvalue weighted by atomic mass is 16.5. The van der Waals surface area contributed by atoms with Crippen molar-refractivity contribution < 1.29 is 9.53 Å². The van der Waals surface area contributed by atoms with Crippen molar-refractivity contribution in [1.82, 2.24) is 10.2 Å². The third-order valence-electron chi connectivity index (χ3n) is 2.97. The Morgan fingerprint density at radius 2 is 1.94 bits per heavy atom. The molecule has 1 heterocycles. The number of morpholine rings is 1. The topological polar surface area (TPSA) is 41.6 Å². The molecule has 1 N–H and O–H groups in total. The van der Waals surface area contributed by atoms with Crippen molar-refractivity contribution in [2.24, 2.45) is 0 Å². The molecule has 4 heteroatoms. The number of benzene rings is 1. The Hall–Kier alpha value is -1.39. The van der Waals surface area contributed by atoms with Gasteiger partial charge in [-0.1, -0.05) is 18.2 Å². The molecule has 0 radical (unpaired) electrons. The fraction of sp³-hybridized carbons (Fsp3) is 0.462. The average molecular weight is 234 g/mol. The lowest BCUT2D eigenvalue weighted by Crippen LogP contribution is -2.50. The van der Waals surface area contributed by atoms with Crippen LogP contribution in [0.5, 0.6) is 0 Å². The van der Waals surface area contributed by atoms with Crippen LogP contribution in [0, 0.1) is 0 Å². The largest absolute Gasteiger partial charge is 0.379 e. The fourth-order valence-corrected chi connectivity index (χ4v) is 1.92. The lowest BCUT2D eigenvalue weighted by atomic mass is 10.2. The molecular weight excluding hydrogens is 216 g/mol. The summed E-state index contributed by atoms with van der Waals surface area (Å²) in [4.78, 5) is 14.1. The van der Waals surface area contributed by atoms with Gasteiger partial charge in [-0.2, -0.15) is 0 Å². The summed E-state index contributed by atoms with van der Waals surface area (Å²) in [6, 6.07) is 9.29. The zero-order chi connectivity index (χ0) is 12.1. The standard InChI is InChI=1S/C13H18N2O2/c1-11(15-7-9-17-10-8-15)14-13(16)12-5-3-2-4-6-12/h2-6,11H,7-10H2,1H3,(H,14,16). The molecule has 1 aliphatic heterocycles. The molecule has 1 saturated heterocycles. The zero-order valence-electron chi connectivity index (χ0n) is 10.1. The van der Waals surface area contributed by atoms with Crippen molar-refractivity contribution in [3.05, 3.63) is 35.9 Å². The third-order valence-corrected chi connectivity index (χ3v) is 2.97. The summed E-state index contributed by atoms with van der Waals surface area (Å²) in [5.41, 5.74) is 0.701. The predicted octanol–water partition coefficient (Wildman–Crippen LogP) is 1.09. The van der Waals surface area contributed by atoms with E-state index in [1.165, 1.54) is 0 Å². The molecule has 1 amide bonds. The van der Waals surface area contributed by atoms with Gasteiger partial charge in [0.1, 0.15) is 0 Å². The molecule has 1 aliphatic rings. The SMILES string of the molecule is CC(NC(=O)c1ccccc1)N1CCOCC1. The van der Waals surface area contributed by atoms with Crippen LogP contribution in [-0.2, 0) is 4.74 Å². The van der Waals surface area contributed by atoms with Gasteiger partial charge in [0.2, 0.25) is 0 Å². The smallest absolute Gasteiger partial charge is 0.252 e. The monoisotopic (exact) mass is 234 g/mol. The maximum Gasteiger partial charge on any atom is 0.252 e. The van der Waals surface area contributed by atoms with E-state index in [2.05, 4.69) is 10.2 Å². The first-order chi connectivity index (χ1) is 8.27. The van der Waals surface area contributed by atoms with Gasteiger partial charge in [-0.25, -0.2) is 0 Å². The first-order valence-electron chi connectivity index (χ1n) is 5.95. The first-order valence-corrected chi connectivity index (χ1v) is 5.95. The molecule has 0 aromatic heterocycles. The number of ether oxygens (including phenoxy) is 1. The molecule has 0 saturated carbocycles. The van der Waals surface area contributed by atoms with E-state index in [4.69, 9.17) is 4.74 Å². The highest BCUT2D eigenvalue weighted by Crippen LogP contribution is 2.03. The van der Waals surface area contributed by atoms with Crippen molar-refractivity contribution in [2.45, 2.75) is 13.1 Å². The Kier molecular flexibility index (Phi) is 4.12. The van der Waals surface area contributed by atoms with E-state index in [0.29, 0.717) is 5.56 Å². The van der Waals surface area contributed by atoms with E-state index >= 15 is 0 Å². The molecule has 1 aromatic rings. The molecule has 1 atom stereocenters. The van der Waals surface area contributed by atoms with Crippen molar-refractivity contribution in [1.29, 1.82) is 0 Å². The summed E-state index contributed by atoms with van der Waals surface area (Å²) in [7, 11) is 0. The molecule has 0 bridgehead atoms. The van der Waals surface area contributed by atoms with Gasteiger partial charge in [0.05, 0.1) is 19.4 Å². The van der Waals surface area contributed by atoms with E-state index in [0.717, 1.165) is 26.3 Å². The Morgan fingerprint density at radius 1 is 1.29 bits per heavy atom. The fourth-order valence-electron chi connectivity index (χ4n) is 1.92. The van der Waals surface area contributed by atoms with Gasteiger partial charge >= 0.3 is 0 Å². The van der Waals surface area contributed by atoms with Crippen LogP contribution in [0.2, 0.25) is 0 Å². The minimum atomic E-state index is -0.0235. The van der Waals surface area contributed by atoms with Crippen LogP contribution in [0.25, 0.3) is 0 Å². The minimum Gasteiger partial charge on any atom is -0.379 e. The van der Waals surface area contributed by atoms with Gasteiger partial charge < -0.3 is 10.1 Å². The van der Waals surface area contributed by atoms with Crippen LogP contribution in [0.3, 0.4) is 0 Å². The van der Waals surface area contributed by atoms with Crippen LogP contribution < -0.4 is 5.32 Å². The van der Waals surface area contributed by atoms with E-state index in [-0.39, 0.29) is 12.1 Å². The number of carbonyl (C=O) groups excluding carboxylic acids is 1. The van der Waals surface area contributed by atoms with Crippen molar-refractivity contribution in [3.8, 4) is 0 Å². The Labute approximate surface area is 102 Å². The summed E-state index contributed by atoms with van der Waals surface area (Å²) in [5.74, 6) is -0.0235. The van der Waals surface area contributed by atoms with Crippen molar-refractivity contribution in [2.75, 3.05) is 26.3 Å². The van der Waals surface area contributed by atoms with Crippen molar-refractivity contribution >= 4 is 5.91 Å². The maximum absolute atomic E-state index is 11.9. The molecule has 1 aromatic carbocycles. The molecule has 4 nitrogen and oxygen atoms in total. The summed E-state index contributed by atoms with van der Waals surface area (Å²) in [5, 5.41) is 3.00. The summed E-state index contributed by atoms with van der Waals surface area (Å²) in [6.45, 7) is 5.23. The highest BCUT2D eigenvalue weighted by Gasteiger charge is 2.18. The molecule has 17 heavy (non-hydrogen) atoms. The number of amides is 1. The molecule has 2 rings (SSSR count). The summed E-state index contributed by atoms with van der Waals surface area (Å²) >= 11 is 0.